The third kappa shape index (κ3) is 3.97. The van der Waals surface area contributed by atoms with Gasteiger partial charge in [-0.3, -0.25) is 0 Å². The number of ether oxygens (including phenoxy) is 3. The number of methoxy groups -OCH3 is 2. The molecule has 142 valence electrons. The van der Waals surface area contributed by atoms with Crippen LogP contribution < -0.4 is 9.47 Å². The predicted octanol–water partition coefficient (Wildman–Crippen LogP) is 2.56. The van der Waals surface area contributed by atoms with Crippen molar-refractivity contribution in [3.63, 3.8) is 0 Å². The minimum Gasteiger partial charge on any atom is -0.493 e. The largest absolute Gasteiger partial charge is 0.493 e. The van der Waals surface area contributed by atoms with Crippen molar-refractivity contribution in [3.8, 4) is 11.5 Å². The molecule has 3 rings (SSSR count). The van der Waals surface area contributed by atoms with Gasteiger partial charge in [0.25, 0.3) is 0 Å². The number of aromatic nitrogens is 3. The zero-order chi connectivity index (χ0) is 19.4. The summed E-state index contributed by atoms with van der Waals surface area (Å²) in [5.41, 5.74) is 1.76. The summed E-state index contributed by atoms with van der Waals surface area (Å²) in [5, 5.41) is 13.3. The van der Waals surface area contributed by atoms with Crippen LogP contribution in [0.3, 0.4) is 0 Å². The molecule has 0 radical (unpaired) electrons. The SMILES string of the molecule is CCOC(=O)C(=Cc1ccc(OC)c(OC)c1)C1=Nn2c(C)nnc2SC1. The molecule has 27 heavy (non-hydrogen) atoms. The lowest BCUT2D eigenvalue weighted by atomic mass is 10.1. The van der Waals surface area contributed by atoms with Crippen LogP contribution in [0.15, 0.2) is 34.0 Å². The number of aryl methyl sites for hydroxylation is 1. The monoisotopic (exact) mass is 388 g/mol. The van der Waals surface area contributed by atoms with Gasteiger partial charge in [0.15, 0.2) is 17.3 Å². The summed E-state index contributed by atoms with van der Waals surface area (Å²) >= 11 is 1.47. The number of esters is 1. The van der Waals surface area contributed by atoms with Gasteiger partial charge in [0.2, 0.25) is 5.16 Å². The van der Waals surface area contributed by atoms with Crippen molar-refractivity contribution >= 4 is 29.5 Å². The molecule has 0 unspecified atom stereocenters. The number of hydrogen-bond acceptors (Lipinski definition) is 8. The van der Waals surface area contributed by atoms with Gasteiger partial charge >= 0.3 is 5.97 Å². The third-order valence-electron chi connectivity index (χ3n) is 3.85. The van der Waals surface area contributed by atoms with Crippen molar-refractivity contribution < 1.29 is 19.0 Å². The number of carbonyl (C=O) groups is 1. The molecule has 2 aromatic rings. The first-order valence-electron chi connectivity index (χ1n) is 8.31. The molecule has 0 saturated heterocycles. The fraction of sp³-hybridized carbons (Fsp3) is 0.333. The molecule has 0 spiro atoms. The molecular formula is C18H20N4O4S. The number of benzene rings is 1. The van der Waals surface area contributed by atoms with Crippen molar-refractivity contribution in [2.45, 2.75) is 19.0 Å². The smallest absolute Gasteiger partial charge is 0.340 e. The Morgan fingerprint density at radius 1 is 1.26 bits per heavy atom. The van der Waals surface area contributed by atoms with Crippen LogP contribution in [0.4, 0.5) is 0 Å². The van der Waals surface area contributed by atoms with Gasteiger partial charge in [-0.1, -0.05) is 17.8 Å². The lowest BCUT2D eigenvalue weighted by molar-refractivity contribution is -0.137. The molecule has 9 heteroatoms. The highest BCUT2D eigenvalue weighted by atomic mass is 32.2. The van der Waals surface area contributed by atoms with Crippen LogP contribution in [0, 0.1) is 6.92 Å². The molecule has 1 aliphatic rings. The van der Waals surface area contributed by atoms with Crippen LogP contribution in [0.25, 0.3) is 6.08 Å². The number of fused-ring (bicyclic) bond motifs is 1. The van der Waals surface area contributed by atoms with Gasteiger partial charge in [-0.15, -0.1) is 10.2 Å². The van der Waals surface area contributed by atoms with E-state index in [1.54, 1.807) is 44.0 Å². The lowest BCUT2D eigenvalue weighted by Crippen LogP contribution is -2.21. The van der Waals surface area contributed by atoms with Gasteiger partial charge < -0.3 is 14.2 Å². The molecular weight excluding hydrogens is 368 g/mol. The Kier molecular flexibility index (Phi) is 5.80. The second kappa shape index (κ2) is 8.26. The molecule has 8 nitrogen and oxygen atoms in total. The fourth-order valence-corrected chi connectivity index (χ4v) is 3.41. The second-order valence-corrected chi connectivity index (χ2v) is 6.51. The Balaban J connectivity index is 2.05. The Labute approximate surface area is 161 Å². The van der Waals surface area contributed by atoms with Crippen LogP contribution in [-0.4, -0.2) is 53.1 Å². The Morgan fingerprint density at radius 2 is 2.04 bits per heavy atom. The summed E-state index contributed by atoms with van der Waals surface area (Å²) in [6.07, 6.45) is 1.74. The summed E-state index contributed by atoms with van der Waals surface area (Å²) in [6.45, 7) is 3.86. The van der Waals surface area contributed by atoms with Crippen LogP contribution >= 0.6 is 11.8 Å². The van der Waals surface area contributed by atoms with Crippen molar-refractivity contribution in [2.75, 3.05) is 26.6 Å². The van der Waals surface area contributed by atoms with Crippen LogP contribution in [0.5, 0.6) is 11.5 Å². The van der Waals surface area contributed by atoms with Gasteiger partial charge in [-0.2, -0.15) is 9.78 Å². The maximum Gasteiger partial charge on any atom is 0.340 e. The molecule has 2 heterocycles. The first kappa shape index (κ1) is 19.0. The summed E-state index contributed by atoms with van der Waals surface area (Å²) in [5.74, 6) is 1.91. The van der Waals surface area contributed by atoms with Crippen LogP contribution in [0.2, 0.25) is 0 Å². The average molecular weight is 388 g/mol. The maximum absolute atomic E-state index is 12.6. The van der Waals surface area contributed by atoms with Gasteiger partial charge in [0, 0.05) is 5.75 Å². The van der Waals surface area contributed by atoms with Crippen LogP contribution in [0.1, 0.15) is 18.3 Å². The van der Waals surface area contributed by atoms with E-state index in [4.69, 9.17) is 14.2 Å². The van der Waals surface area contributed by atoms with Gasteiger partial charge in [0.05, 0.1) is 32.1 Å². The van der Waals surface area contributed by atoms with E-state index < -0.39 is 5.97 Å². The summed E-state index contributed by atoms with van der Waals surface area (Å²) in [4.78, 5) is 12.6. The summed E-state index contributed by atoms with van der Waals surface area (Å²) in [7, 11) is 3.14. The molecule has 0 atom stereocenters. The highest BCUT2D eigenvalue weighted by molar-refractivity contribution is 7.99. The number of thioether (sulfide) groups is 1. The molecule has 0 fully saturated rings. The van der Waals surface area contributed by atoms with Crippen LogP contribution in [-0.2, 0) is 9.53 Å². The van der Waals surface area contributed by atoms with Crippen molar-refractivity contribution in [1.82, 2.24) is 14.9 Å². The first-order chi connectivity index (χ1) is 13.1. The van der Waals surface area contributed by atoms with E-state index in [0.29, 0.717) is 39.5 Å². The van der Waals surface area contributed by atoms with E-state index in [2.05, 4.69) is 15.3 Å². The Bertz CT molecular complexity index is 920. The number of carbonyl (C=O) groups excluding carboxylic acids is 1. The van der Waals surface area contributed by atoms with E-state index in [1.807, 2.05) is 13.0 Å². The zero-order valence-corrected chi connectivity index (χ0v) is 16.4. The molecule has 0 bridgehead atoms. The minimum atomic E-state index is -0.430. The summed E-state index contributed by atoms with van der Waals surface area (Å²) < 4.78 is 17.5. The topological polar surface area (TPSA) is 87.8 Å². The normalized spacial score (nSPS) is 13.6. The van der Waals surface area contributed by atoms with E-state index in [0.717, 1.165) is 5.56 Å². The fourth-order valence-electron chi connectivity index (χ4n) is 2.54. The highest BCUT2D eigenvalue weighted by Gasteiger charge is 2.24. The average Bonchev–Trinajstić information content (AvgIpc) is 3.06. The molecule has 1 aromatic carbocycles. The van der Waals surface area contributed by atoms with Gasteiger partial charge in [-0.25, -0.2) is 4.79 Å². The third-order valence-corrected chi connectivity index (χ3v) is 4.78. The van der Waals surface area contributed by atoms with E-state index in [9.17, 15) is 4.79 Å². The van der Waals surface area contributed by atoms with Crippen molar-refractivity contribution in [2.24, 2.45) is 5.10 Å². The standard InChI is InChI=1S/C18H20N4O4S/c1-5-26-17(23)13(8-12-6-7-15(24-3)16(9-12)25-4)14-10-27-18-20-19-11(2)22(18)21-14/h6-9H,5,10H2,1-4H3. The Hall–Kier alpha value is -2.81. The lowest BCUT2D eigenvalue weighted by Gasteiger charge is -2.15. The van der Waals surface area contributed by atoms with Gasteiger partial charge in [0.1, 0.15) is 0 Å². The molecule has 0 aliphatic carbocycles. The maximum atomic E-state index is 12.6. The number of hydrogen-bond donors (Lipinski definition) is 0. The van der Waals surface area contributed by atoms with Crippen molar-refractivity contribution in [1.29, 1.82) is 0 Å². The predicted molar refractivity (Wildman–Crippen MR) is 102 cm³/mol. The molecule has 0 amide bonds. The summed E-state index contributed by atoms with van der Waals surface area (Å²) in [6, 6.07) is 5.42. The quantitative estimate of drug-likeness (QED) is 0.555. The minimum absolute atomic E-state index is 0.277. The molecule has 1 aliphatic heterocycles. The van der Waals surface area contributed by atoms with Crippen molar-refractivity contribution in [3.05, 3.63) is 35.2 Å². The molecule has 1 aromatic heterocycles. The second-order valence-electron chi connectivity index (χ2n) is 5.57. The van der Waals surface area contributed by atoms with E-state index in [-0.39, 0.29) is 6.61 Å². The van der Waals surface area contributed by atoms with Gasteiger partial charge in [-0.05, 0) is 37.6 Å². The Morgan fingerprint density at radius 3 is 2.74 bits per heavy atom. The molecule has 0 saturated carbocycles. The number of rotatable bonds is 6. The first-order valence-corrected chi connectivity index (χ1v) is 9.29. The van der Waals surface area contributed by atoms with E-state index in [1.165, 1.54) is 11.8 Å². The number of nitrogens with zero attached hydrogens (tertiary/aromatic N) is 4. The zero-order valence-electron chi connectivity index (χ0n) is 15.6. The molecule has 0 N–H and O–H groups in total. The highest BCUT2D eigenvalue weighted by Crippen LogP contribution is 2.30. The van der Waals surface area contributed by atoms with E-state index >= 15 is 0 Å².